The molecule has 0 spiro atoms. The van der Waals surface area contributed by atoms with Crippen molar-refractivity contribution in [2.75, 3.05) is 0 Å². The summed E-state index contributed by atoms with van der Waals surface area (Å²) in [5.41, 5.74) is 5.80. The molecule has 0 bridgehead atoms. The van der Waals surface area contributed by atoms with Gasteiger partial charge >= 0.3 is 0 Å². The van der Waals surface area contributed by atoms with E-state index in [2.05, 4.69) is 10.9 Å². The number of hydrogen-bond acceptors (Lipinski definition) is 2. The van der Waals surface area contributed by atoms with Crippen molar-refractivity contribution in [1.82, 2.24) is 15.4 Å². The molecule has 2 aromatic rings. The number of aromatic nitrogens is 1. The van der Waals surface area contributed by atoms with Crippen LogP contribution < -0.4 is 10.9 Å². The predicted octanol–water partition coefficient (Wildman–Crippen LogP) is 1.59. The quantitative estimate of drug-likeness (QED) is 0.819. The van der Waals surface area contributed by atoms with Crippen LogP contribution in [0.2, 0.25) is 0 Å². The van der Waals surface area contributed by atoms with Gasteiger partial charge in [-0.3, -0.25) is 20.4 Å². The highest BCUT2D eigenvalue weighted by Gasteiger charge is 2.06. The van der Waals surface area contributed by atoms with Gasteiger partial charge < -0.3 is 4.57 Å². The molecule has 0 radical (unpaired) electrons. The van der Waals surface area contributed by atoms with Crippen LogP contribution in [0.1, 0.15) is 19.8 Å². The van der Waals surface area contributed by atoms with Gasteiger partial charge in [-0.1, -0.05) is 25.1 Å². The molecule has 0 aliphatic heterocycles. The maximum Gasteiger partial charge on any atom is 0.258 e. The molecule has 0 fully saturated rings. The summed E-state index contributed by atoms with van der Waals surface area (Å²) in [6.45, 7) is 2.09. The molecule has 2 rings (SSSR count). The third kappa shape index (κ3) is 3.34. The van der Waals surface area contributed by atoms with E-state index in [1.807, 2.05) is 48.0 Å². The Labute approximate surface area is 111 Å². The van der Waals surface area contributed by atoms with Crippen molar-refractivity contribution in [2.45, 2.75) is 26.3 Å². The lowest BCUT2D eigenvalue weighted by Crippen LogP contribution is -2.42. The van der Waals surface area contributed by atoms with Crippen LogP contribution in [-0.2, 0) is 16.1 Å². The zero-order chi connectivity index (χ0) is 13.7. The van der Waals surface area contributed by atoms with E-state index in [0.29, 0.717) is 6.42 Å². The van der Waals surface area contributed by atoms with Gasteiger partial charge in [0.25, 0.3) is 5.91 Å². The predicted molar refractivity (Wildman–Crippen MR) is 73.1 cm³/mol. The van der Waals surface area contributed by atoms with E-state index >= 15 is 0 Å². The first kappa shape index (κ1) is 13.1. The third-order valence-corrected chi connectivity index (χ3v) is 2.81. The highest BCUT2D eigenvalue weighted by molar-refractivity contribution is 5.84. The van der Waals surface area contributed by atoms with Gasteiger partial charge in [0.15, 0.2) is 0 Å². The first-order valence-corrected chi connectivity index (χ1v) is 6.32. The zero-order valence-corrected chi connectivity index (χ0v) is 10.8. The van der Waals surface area contributed by atoms with E-state index in [-0.39, 0.29) is 18.4 Å². The number of benzene rings is 1. The van der Waals surface area contributed by atoms with Gasteiger partial charge in [-0.05, 0) is 23.9 Å². The van der Waals surface area contributed by atoms with Crippen molar-refractivity contribution < 1.29 is 9.59 Å². The SMILES string of the molecule is CCCC(=O)NNC(=O)Cn1ccc2ccccc21. The first-order valence-electron chi connectivity index (χ1n) is 6.32. The fourth-order valence-electron chi connectivity index (χ4n) is 1.90. The van der Waals surface area contributed by atoms with E-state index in [4.69, 9.17) is 0 Å². The van der Waals surface area contributed by atoms with Gasteiger partial charge in [-0.15, -0.1) is 0 Å². The van der Waals surface area contributed by atoms with E-state index in [9.17, 15) is 9.59 Å². The van der Waals surface area contributed by atoms with Crippen molar-refractivity contribution in [1.29, 1.82) is 0 Å². The van der Waals surface area contributed by atoms with Gasteiger partial charge in [0.1, 0.15) is 6.54 Å². The molecular formula is C14H17N3O2. The molecule has 0 aliphatic carbocycles. The molecule has 0 atom stereocenters. The summed E-state index contributed by atoms with van der Waals surface area (Å²) >= 11 is 0. The fraction of sp³-hybridized carbons (Fsp3) is 0.286. The maximum atomic E-state index is 11.7. The smallest absolute Gasteiger partial charge is 0.258 e. The van der Waals surface area contributed by atoms with Crippen LogP contribution in [0.15, 0.2) is 36.5 Å². The standard InChI is InChI=1S/C14H17N3O2/c1-2-5-13(18)15-16-14(19)10-17-9-8-11-6-3-4-7-12(11)17/h3-4,6-9H,2,5,10H2,1H3,(H,15,18)(H,16,19). The summed E-state index contributed by atoms with van der Waals surface area (Å²) in [5, 5.41) is 1.09. The van der Waals surface area contributed by atoms with E-state index in [1.165, 1.54) is 0 Å². The molecule has 1 heterocycles. The molecule has 2 amide bonds. The molecule has 100 valence electrons. The van der Waals surface area contributed by atoms with E-state index in [1.54, 1.807) is 0 Å². The summed E-state index contributed by atoms with van der Waals surface area (Å²) < 4.78 is 1.84. The number of carbonyl (C=O) groups excluding carboxylic acids is 2. The van der Waals surface area contributed by atoms with Gasteiger partial charge in [-0.25, -0.2) is 0 Å². The summed E-state index contributed by atoms with van der Waals surface area (Å²) in [5.74, 6) is -0.418. The Balaban J connectivity index is 1.94. The minimum atomic E-state index is -0.245. The summed E-state index contributed by atoms with van der Waals surface area (Å²) in [7, 11) is 0. The van der Waals surface area contributed by atoms with E-state index in [0.717, 1.165) is 17.3 Å². The minimum Gasteiger partial charge on any atom is -0.338 e. The number of hydrazine groups is 1. The molecule has 19 heavy (non-hydrogen) atoms. The number of carbonyl (C=O) groups is 2. The molecular weight excluding hydrogens is 242 g/mol. The van der Waals surface area contributed by atoms with Crippen LogP contribution in [0.4, 0.5) is 0 Å². The molecule has 5 nitrogen and oxygen atoms in total. The van der Waals surface area contributed by atoms with Gasteiger partial charge in [0.05, 0.1) is 0 Å². The number of amides is 2. The lowest BCUT2D eigenvalue weighted by Gasteiger charge is -2.08. The average molecular weight is 259 g/mol. The molecule has 1 aromatic heterocycles. The van der Waals surface area contributed by atoms with Gasteiger partial charge in [0, 0.05) is 18.1 Å². The highest BCUT2D eigenvalue weighted by Crippen LogP contribution is 2.14. The Morgan fingerprint density at radius 2 is 1.84 bits per heavy atom. The second-order valence-electron chi connectivity index (χ2n) is 4.35. The van der Waals surface area contributed by atoms with Gasteiger partial charge in [0.2, 0.25) is 5.91 Å². The number of nitrogens with zero attached hydrogens (tertiary/aromatic N) is 1. The number of nitrogens with one attached hydrogen (secondary N) is 2. The molecule has 0 saturated carbocycles. The summed E-state index contributed by atoms with van der Waals surface area (Å²) in [6, 6.07) is 9.79. The lowest BCUT2D eigenvalue weighted by atomic mass is 10.2. The van der Waals surface area contributed by atoms with Crippen LogP contribution in [0.3, 0.4) is 0 Å². The van der Waals surface area contributed by atoms with Crippen LogP contribution in [0, 0.1) is 0 Å². The van der Waals surface area contributed by atoms with Crippen LogP contribution in [0.25, 0.3) is 10.9 Å². The second kappa shape index (κ2) is 6.04. The Morgan fingerprint density at radius 3 is 2.63 bits per heavy atom. The van der Waals surface area contributed by atoms with Crippen molar-refractivity contribution in [3.8, 4) is 0 Å². The van der Waals surface area contributed by atoms with Crippen LogP contribution in [0.5, 0.6) is 0 Å². The monoisotopic (exact) mass is 259 g/mol. The van der Waals surface area contributed by atoms with Crippen LogP contribution in [-0.4, -0.2) is 16.4 Å². The Hall–Kier alpha value is -2.30. The van der Waals surface area contributed by atoms with Crippen molar-refractivity contribution in [3.05, 3.63) is 36.5 Å². The normalized spacial score (nSPS) is 10.4. The Morgan fingerprint density at radius 1 is 1.11 bits per heavy atom. The van der Waals surface area contributed by atoms with Crippen molar-refractivity contribution in [2.24, 2.45) is 0 Å². The molecule has 0 unspecified atom stereocenters. The maximum absolute atomic E-state index is 11.7. The summed E-state index contributed by atoms with van der Waals surface area (Å²) in [4.78, 5) is 22.9. The zero-order valence-electron chi connectivity index (χ0n) is 10.8. The molecule has 2 N–H and O–H groups in total. The average Bonchev–Trinajstić information content (AvgIpc) is 2.80. The second-order valence-corrected chi connectivity index (χ2v) is 4.35. The van der Waals surface area contributed by atoms with Crippen LogP contribution >= 0.6 is 0 Å². The largest absolute Gasteiger partial charge is 0.338 e. The Kier molecular flexibility index (Phi) is 4.18. The van der Waals surface area contributed by atoms with E-state index < -0.39 is 0 Å². The number of fused-ring (bicyclic) bond motifs is 1. The topological polar surface area (TPSA) is 63.1 Å². The molecule has 0 saturated heterocycles. The first-order chi connectivity index (χ1) is 9.20. The molecule has 1 aromatic carbocycles. The number of hydrogen-bond donors (Lipinski definition) is 2. The summed E-state index contributed by atoms with van der Waals surface area (Å²) in [6.07, 6.45) is 3.02. The lowest BCUT2D eigenvalue weighted by molar-refractivity contribution is -0.129. The third-order valence-electron chi connectivity index (χ3n) is 2.81. The Bertz CT molecular complexity index is 589. The fourth-order valence-corrected chi connectivity index (χ4v) is 1.90. The van der Waals surface area contributed by atoms with Gasteiger partial charge in [-0.2, -0.15) is 0 Å². The minimum absolute atomic E-state index is 0.173. The molecule has 5 heteroatoms. The highest BCUT2D eigenvalue weighted by atomic mass is 16.2. The molecule has 0 aliphatic rings. The van der Waals surface area contributed by atoms with Crippen molar-refractivity contribution >= 4 is 22.7 Å². The number of rotatable bonds is 4. The number of para-hydroxylation sites is 1. The van der Waals surface area contributed by atoms with Crippen molar-refractivity contribution in [3.63, 3.8) is 0 Å².